The van der Waals surface area contributed by atoms with Gasteiger partial charge in [0, 0.05) is 11.5 Å². The Morgan fingerprint density at radius 3 is 2.41 bits per heavy atom. The van der Waals surface area contributed by atoms with E-state index in [4.69, 9.17) is 28.3 Å². The second-order valence-electron chi connectivity index (χ2n) is 7.07. The molecule has 3 rings (SSSR count). The van der Waals surface area contributed by atoms with Crippen molar-refractivity contribution in [1.82, 2.24) is 9.78 Å². The predicted octanol–water partition coefficient (Wildman–Crippen LogP) is 5.47. The van der Waals surface area contributed by atoms with E-state index in [1.54, 1.807) is 22.9 Å². The molecule has 1 aromatic heterocycles. The third kappa shape index (κ3) is 4.10. The van der Waals surface area contributed by atoms with Crippen molar-refractivity contribution < 1.29 is 4.79 Å². The van der Waals surface area contributed by atoms with E-state index >= 15 is 0 Å². The Morgan fingerprint density at radius 1 is 1.07 bits per heavy atom. The minimum atomic E-state index is -0.183. The van der Waals surface area contributed by atoms with Crippen LogP contribution >= 0.6 is 23.2 Å². The van der Waals surface area contributed by atoms with Crippen LogP contribution in [0.3, 0.4) is 0 Å². The SMILES string of the molecule is CC(C)(C)c1cc(N(C=O)Nc2cccc(Cl)c2Cl)n(-c2ccccc2)n1. The fourth-order valence-electron chi connectivity index (χ4n) is 2.53. The molecule has 0 aliphatic carbocycles. The van der Waals surface area contributed by atoms with Crippen molar-refractivity contribution in [2.75, 3.05) is 10.4 Å². The van der Waals surface area contributed by atoms with Gasteiger partial charge in [0.25, 0.3) is 0 Å². The molecule has 0 saturated heterocycles. The molecular weight excluding hydrogens is 383 g/mol. The molecule has 0 fully saturated rings. The second-order valence-corrected chi connectivity index (χ2v) is 7.86. The summed E-state index contributed by atoms with van der Waals surface area (Å²) in [6, 6.07) is 16.7. The first-order valence-corrected chi connectivity index (χ1v) is 9.18. The van der Waals surface area contributed by atoms with Crippen molar-refractivity contribution in [3.05, 3.63) is 70.3 Å². The van der Waals surface area contributed by atoms with Gasteiger partial charge in [0.1, 0.15) is 0 Å². The van der Waals surface area contributed by atoms with E-state index < -0.39 is 0 Å². The largest absolute Gasteiger partial charge is 0.289 e. The summed E-state index contributed by atoms with van der Waals surface area (Å²) in [4.78, 5) is 11.9. The molecule has 140 valence electrons. The standard InChI is InChI=1S/C20H20Cl2N4O/c1-20(2,3)17-12-18(26(24-17)14-8-5-4-6-9-14)25(13-27)23-16-11-7-10-15(21)19(16)22/h4-13,23H,1-3H3. The second kappa shape index (κ2) is 7.62. The van der Waals surface area contributed by atoms with Crippen molar-refractivity contribution in [2.45, 2.75) is 26.2 Å². The molecular formula is C20H20Cl2N4O. The van der Waals surface area contributed by atoms with E-state index in [1.165, 1.54) is 5.01 Å². The zero-order valence-corrected chi connectivity index (χ0v) is 16.8. The van der Waals surface area contributed by atoms with Gasteiger partial charge in [0.15, 0.2) is 5.82 Å². The van der Waals surface area contributed by atoms with Crippen molar-refractivity contribution in [3.63, 3.8) is 0 Å². The average Bonchev–Trinajstić information content (AvgIpc) is 3.09. The number of carbonyl (C=O) groups excluding carboxylic acids is 1. The monoisotopic (exact) mass is 402 g/mol. The van der Waals surface area contributed by atoms with Gasteiger partial charge >= 0.3 is 0 Å². The molecule has 1 heterocycles. The number of amides is 1. The zero-order chi connectivity index (χ0) is 19.6. The molecule has 1 N–H and O–H groups in total. The average molecular weight is 403 g/mol. The van der Waals surface area contributed by atoms with Crippen molar-refractivity contribution in [3.8, 4) is 5.69 Å². The van der Waals surface area contributed by atoms with E-state index in [-0.39, 0.29) is 5.41 Å². The van der Waals surface area contributed by atoms with Gasteiger partial charge in [-0.05, 0) is 24.3 Å². The number of hydrogen-bond acceptors (Lipinski definition) is 3. The lowest BCUT2D eigenvalue weighted by atomic mass is 9.92. The summed E-state index contributed by atoms with van der Waals surface area (Å²) in [5, 5.41) is 6.80. The lowest BCUT2D eigenvalue weighted by molar-refractivity contribution is -0.107. The van der Waals surface area contributed by atoms with E-state index in [1.807, 2.05) is 36.4 Å². The molecule has 0 aliphatic heterocycles. The van der Waals surface area contributed by atoms with E-state index in [0.29, 0.717) is 28.0 Å². The smallest absolute Gasteiger partial charge is 0.234 e. The van der Waals surface area contributed by atoms with Crippen LogP contribution in [0.4, 0.5) is 11.5 Å². The summed E-state index contributed by atoms with van der Waals surface area (Å²) in [6.07, 6.45) is 0.681. The number of rotatable bonds is 5. The van der Waals surface area contributed by atoms with Crippen LogP contribution in [0, 0.1) is 0 Å². The first-order chi connectivity index (χ1) is 12.8. The van der Waals surface area contributed by atoms with Gasteiger partial charge in [-0.1, -0.05) is 68.2 Å². The molecule has 27 heavy (non-hydrogen) atoms. The maximum atomic E-state index is 11.9. The predicted molar refractivity (Wildman–Crippen MR) is 111 cm³/mol. The normalized spacial score (nSPS) is 11.3. The minimum Gasteiger partial charge on any atom is -0.289 e. The summed E-state index contributed by atoms with van der Waals surface area (Å²) in [6.45, 7) is 6.21. The molecule has 0 unspecified atom stereocenters. The number of anilines is 2. The molecule has 7 heteroatoms. The van der Waals surface area contributed by atoms with Crippen molar-refractivity contribution >= 4 is 41.1 Å². The highest BCUT2D eigenvalue weighted by molar-refractivity contribution is 6.43. The summed E-state index contributed by atoms with van der Waals surface area (Å²) in [5.41, 5.74) is 5.05. The Hall–Kier alpha value is -2.50. The summed E-state index contributed by atoms with van der Waals surface area (Å²) < 4.78 is 1.72. The minimum absolute atomic E-state index is 0.183. The van der Waals surface area contributed by atoms with E-state index in [0.717, 1.165) is 11.4 Å². The number of benzene rings is 2. The van der Waals surface area contributed by atoms with Crippen LogP contribution in [-0.2, 0) is 10.2 Å². The Kier molecular flexibility index (Phi) is 5.44. The van der Waals surface area contributed by atoms with Gasteiger partial charge in [-0.2, -0.15) is 5.10 Å². The van der Waals surface area contributed by atoms with Crippen molar-refractivity contribution in [2.24, 2.45) is 0 Å². The number of nitrogens with one attached hydrogen (secondary N) is 1. The van der Waals surface area contributed by atoms with Gasteiger partial charge in [0.05, 0.1) is 27.1 Å². The molecule has 0 aliphatic rings. The lowest BCUT2D eigenvalue weighted by Crippen LogP contribution is -2.30. The van der Waals surface area contributed by atoms with Crippen LogP contribution in [0.15, 0.2) is 54.6 Å². The van der Waals surface area contributed by atoms with Crippen LogP contribution in [-0.4, -0.2) is 16.2 Å². The van der Waals surface area contributed by atoms with Crippen LogP contribution in [0.5, 0.6) is 0 Å². The van der Waals surface area contributed by atoms with Crippen LogP contribution in [0.1, 0.15) is 26.5 Å². The number of nitrogens with zero attached hydrogens (tertiary/aromatic N) is 3. The zero-order valence-electron chi connectivity index (χ0n) is 15.3. The van der Waals surface area contributed by atoms with Crippen molar-refractivity contribution in [1.29, 1.82) is 0 Å². The lowest BCUT2D eigenvalue weighted by Gasteiger charge is -2.21. The number of para-hydroxylation sites is 1. The molecule has 0 spiro atoms. The van der Waals surface area contributed by atoms with Crippen LogP contribution in [0.2, 0.25) is 10.0 Å². The Bertz CT molecular complexity index is 948. The Labute approximate surface area is 168 Å². The summed E-state index contributed by atoms with van der Waals surface area (Å²) >= 11 is 12.3. The maximum absolute atomic E-state index is 11.9. The first-order valence-electron chi connectivity index (χ1n) is 8.42. The highest BCUT2D eigenvalue weighted by atomic mass is 35.5. The summed E-state index contributed by atoms with van der Waals surface area (Å²) in [5.74, 6) is 0.567. The molecule has 0 atom stereocenters. The molecule has 5 nitrogen and oxygen atoms in total. The quantitative estimate of drug-likeness (QED) is 0.454. The molecule has 0 saturated carbocycles. The molecule has 2 aromatic carbocycles. The number of halogens is 2. The maximum Gasteiger partial charge on any atom is 0.234 e. The molecule has 3 aromatic rings. The van der Waals surface area contributed by atoms with Gasteiger partial charge in [0.2, 0.25) is 6.41 Å². The van der Waals surface area contributed by atoms with Gasteiger partial charge in [-0.25, -0.2) is 9.69 Å². The van der Waals surface area contributed by atoms with Crippen LogP contribution in [0.25, 0.3) is 5.69 Å². The fraction of sp³-hybridized carbons (Fsp3) is 0.200. The molecule has 1 amide bonds. The molecule has 0 bridgehead atoms. The van der Waals surface area contributed by atoms with Crippen LogP contribution < -0.4 is 10.4 Å². The van der Waals surface area contributed by atoms with Gasteiger partial charge in [-0.15, -0.1) is 0 Å². The number of carbonyl (C=O) groups is 1. The van der Waals surface area contributed by atoms with E-state index in [9.17, 15) is 4.79 Å². The molecule has 0 radical (unpaired) electrons. The Balaban J connectivity index is 2.08. The third-order valence-electron chi connectivity index (χ3n) is 4.00. The van der Waals surface area contributed by atoms with Gasteiger partial charge in [-0.3, -0.25) is 10.2 Å². The van der Waals surface area contributed by atoms with Gasteiger partial charge < -0.3 is 0 Å². The fourth-order valence-corrected chi connectivity index (χ4v) is 2.87. The van der Waals surface area contributed by atoms with E-state index in [2.05, 4.69) is 26.2 Å². The highest BCUT2D eigenvalue weighted by Crippen LogP contribution is 2.32. The first kappa shape index (κ1) is 19.3. The third-order valence-corrected chi connectivity index (χ3v) is 4.82. The topological polar surface area (TPSA) is 50.2 Å². The number of hydrazine groups is 1. The highest BCUT2D eigenvalue weighted by Gasteiger charge is 2.23. The number of hydrogen-bond donors (Lipinski definition) is 1. The Morgan fingerprint density at radius 2 is 1.78 bits per heavy atom. The number of aromatic nitrogens is 2. The summed E-state index contributed by atoms with van der Waals surface area (Å²) in [7, 11) is 0.